The van der Waals surface area contributed by atoms with Crippen LogP contribution in [0.25, 0.3) is 5.69 Å². The third-order valence-corrected chi connectivity index (χ3v) is 4.88. The van der Waals surface area contributed by atoms with Gasteiger partial charge in [-0.25, -0.2) is 4.68 Å². The highest BCUT2D eigenvalue weighted by Gasteiger charge is 2.09. The van der Waals surface area contributed by atoms with Gasteiger partial charge in [-0.2, -0.15) is 5.10 Å². The zero-order chi connectivity index (χ0) is 21.6. The van der Waals surface area contributed by atoms with Gasteiger partial charge in [-0.05, 0) is 49.4 Å². The van der Waals surface area contributed by atoms with E-state index >= 15 is 0 Å². The molecule has 0 aliphatic carbocycles. The van der Waals surface area contributed by atoms with E-state index < -0.39 is 0 Å². The summed E-state index contributed by atoms with van der Waals surface area (Å²) in [4.78, 5) is 16.8. The van der Waals surface area contributed by atoms with Gasteiger partial charge in [0.15, 0.2) is 0 Å². The number of rotatable bonds is 7. The summed E-state index contributed by atoms with van der Waals surface area (Å²) in [5, 5.41) is 14.4. The van der Waals surface area contributed by atoms with Crippen molar-refractivity contribution in [3.8, 4) is 5.69 Å². The molecule has 0 spiro atoms. The standard InChI is InChI=1S/C23H21ClN6O/c1-16-11-18(9-10-25-16)29-23(31)17-5-4-6-20(12-17)30-14-19(13-28-30)26-15-27-22-8-3-2-7-21(22)24/h2-14,26-27H,15H2,1H3,(H,25,29,31). The molecular formula is C23H21ClN6O. The molecule has 1 amide bonds. The zero-order valence-electron chi connectivity index (χ0n) is 16.8. The maximum atomic E-state index is 12.6. The van der Waals surface area contributed by atoms with Crippen molar-refractivity contribution >= 4 is 34.6 Å². The summed E-state index contributed by atoms with van der Waals surface area (Å²) in [6, 6.07) is 18.4. The second-order valence-electron chi connectivity index (χ2n) is 6.87. The van der Waals surface area contributed by atoms with E-state index in [0.29, 0.717) is 22.9 Å². The number of nitrogens with one attached hydrogen (secondary N) is 3. The molecule has 4 aromatic rings. The number of amides is 1. The van der Waals surface area contributed by atoms with Crippen LogP contribution in [0.2, 0.25) is 5.02 Å². The van der Waals surface area contributed by atoms with Gasteiger partial charge < -0.3 is 16.0 Å². The number of anilines is 3. The summed E-state index contributed by atoms with van der Waals surface area (Å²) in [5.41, 5.74) is 4.56. The normalized spacial score (nSPS) is 10.5. The summed E-state index contributed by atoms with van der Waals surface area (Å²) in [5.74, 6) is -0.193. The Morgan fingerprint density at radius 2 is 1.90 bits per heavy atom. The first-order valence-corrected chi connectivity index (χ1v) is 10.1. The highest BCUT2D eigenvalue weighted by atomic mass is 35.5. The lowest BCUT2D eigenvalue weighted by Gasteiger charge is -2.09. The summed E-state index contributed by atoms with van der Waals surface area (Å²) < 4.78 is 1.71. The number of aromatic nitrogens is 3. The van der Waals surface area contributed by atoms with Crippen LogP contribution in [0.1, 0.15) is 16.1 Å². The Morgan fingerprint density at radius 1 is 1.03 bits per heavy atom. The average molecular weight is 433 g/mol. The van der Waals surface area contributed by atoms with Gasteiger partial charge in [-0.1, -0.05) is 29.8 Å². The molecule has 3 N–H and O–H groups in total. The van der Waals surface area contributed by atoms with Crippen LogP contribution in [0.5, 0.6) is 0 Å². The molecule has 0 saturated heterocycles. The van der Waals surface area contributed by atoms with Gasteiger partial charge in [0.2, 0.25) is 0 Å². The van der Waals surface area contributed by atoms with Crippen LogP contribution in [-0.4, -0.2) is 27.3 Å². The summed E-state index contributed by atoms with van der Waals surface area (Å²) in [6.45, 7) is 2.37. The van der Waals surface area contributed by atoms with E-state index in [1.807, 2.05) is 55.6 Å². The molecule has 0 bridgehead atoms. The molecule has 8 heteroatoms. The fourth-order valence-corrected chi connectivity index (χ4v) is 3.22. The van der Waals surface area contributed by atoms with Gasteiger partial charge in [-0.15, -0.1) is 0 Å². The number of hydrogen-bond acceptors (Lipinski definition) is 5. The van der Waals surface area contributed by atoms with Crippen molar-refractivity contribution in [1.82, 2.24) is 14.8 Å². The minimum absolute atomic E-state index is 0.193. The molecule has 0 atom stereocenters. The predicted octanol–water partition coefficient (Wildman–Crippen LogP) is 4.96. The molecule has 156 valence electrons. The zero-order valence-corrected chi connectivity index (χ0v) is 17.6. The third-order valence-electron chi connectivity index (χ3n) is 4.56. The minimum atomic E-state index is -0.193. The topological polar surface area (TPSA) is 83.9 Å². The Balaban J connectivity index is 1.40. The third kappa shape index (κ3) is 5.21. The molecule has 0 aliphatic heterocycles. The SMILES string of the molecule is Cc1cc(NC(=O)c2cccc(-n3cc(NCNc4ccccc4Cl)cn3)c2)ccn1. The lowest BCUT2D eigenvalue weighted by molar-refractivity contribution is 0.102. The van der Waals surface area contributed by atoms with Gasteiger partial charge in [0.05, 0.1) is 41.1 Å². The van der Waals surface area contributed by atoms with Crippen molar-refractivity contribution in [2.45, 2.75) is 6.92 Å². The highest BCUT2D eigenvalue weighted by Crippen LogP contribution is 2.20. The van der Waals surface area contributed by atoms with Crippen LogP contribution in [-0.2, 0) is 0 Å². The Morgan fingerprint density at radius 3 is 2.74 bits per heavy atom. The van der Waals surface area contributed by atoms with Gasteiger partial charge in [0, 0.05) is 23.1 Å². The fraction of sp³-hybridized carbons (Fsp3) is 0.0870. The van der Waals surface area contributed by atoms with E-state index in [4.69, 9.17) is 11.6 Å². The smallest absolute Gasteiger partial charge is 0.255 e. The van der Waals surface area contributed by atoms with Crippen molar-refractivity contribution < 1.29 is 4.79 Å². The van der Waals surface area contributed by atoms with E-state index in [2.05, 4.69) is 26.0 Å². The van der Waals surface area contributed by atoms with Gasteiger partial charge in [0.25, 0.3) is 5.91 Å². The Hall–Kier alpha value is -3.84. The van der Waals surface area contributed by atoms with Crippen molar-refractivity contribution in [1.29, 1.82) is 0 Å². The van der Waals surface area contributed by atoms with Crippen LogP contribution in [0.4, 0.5) is 17.1 Å². The number of nitrogens with zero attached hydrogens (tertiary/aromatic N) is 3. The lowest BCUT2D eigenvalue weighted by atomic mass is 10.2. The summed E-state index contributed by atoms with van der Waals surface area (Å²) >= 11 is 6.15. The number of aryl methyl sites for hydroxylation is 1. The number of carbonyl (C=O) groups excluding carboxylic acids is 1. The average Bonchev–Trinajstić information content (AvgIpc) is 3.24. The predicted molar refractivity (Wildman–Crippen MR) is 124 cm³/mol. The van der Waals surface area contributed by atoms with E-state index in [1.54, 1.807) is 35.3 Å². The molecule has 0 saturated carbocycles. The van der Waals surface area contributed by atoms with Crippen LogP contribution >= 0.6 is 11.6 Å². The van der Waals surface area contributed by atoms with Crippen LogP contribution in [0.3, 0.4) is 0 Å². The van der Waals surface area contributed by atoms with Gasteiger partial charge >= 0.3 is 0 Å². The lowest BCUT2D eigenvalue weighted by Crippen LogP contribution is -2.12. The first-order valence-electron chi connectivity index (χ1n) is 9.70. The number of para-hydroxylation sites is 1. The Kier molecular flexibility index (Phi) is 6.14. The molecule has 31 heavy (non-hydrogen) atoms. The monoisotopic (exact) mass is 432 g/mol. The first kappa shape index (κ1) is 20.4. The summed E-state index contributed by atoms with van der Waals surface area (Å²) in [7, 11) is 0. The number of carbonyl (C=O) groups is 1. The molecule has 4 rings (SSSR count). The van der Waals surface area contributed by atoms with Crippen LogP contribution in [0, 0.1) is 6.92 Å². The highest BCUT2D eigenvalue weighted by molar-refractivity contribution is 6.33. The molecule has 2 heterocycles. The second-order valence-corrected chi connectivity index (χ2v) is 7.28. The Labute approximate surface area is 185 Å². The number of hydrogen-bond donors (Lipinski definition) is 3. The second kappa shape index (κ2) is 9.32. The molecule has 0 radical (unpaired) electrons. The Bertz CT molecular complexity index is 1210. The van der Waals surface area contributed by atoms with Gasteiger partial charge in [0.1, 0.15) is 0 Å². The molecule has 0 fully saturated rings. The summed E-state index contributed by atoms with van der Waals surface area (Å²) in [6.07, 6.45) is 5.25. The molecule has 2 aromatic heterocycles. The van der Waals surface area contributed by atoms with Crippen molar-refractivity contribution in [3.05, 3.63) is 95.5 Å². The van der Waals surface area contributed by atoms with Crippen molar-refractivity contribution in [3.63, 3.8) is 0 Å². The molecule has 0 unspecified atom stereocenters. The number of halogens is 1. The number of benzene rings is 2. The maximum Gasteiger partial charge on any atom is 0.255 e. The van der Waals surface area contributed by atoms with Gasteiger partial charge in [-0.3, -0.25) is 9.78 Å². The van der Waals surface area contributed by atoms with Crippen LogP contribution in [0.15, 0.2) is 79.3 Å². The van der Waals surface area contributed by atoms with E-state index in [9.17, 15) is 4.79 Å². The van der Waals surface area contributed by atoms with Crippen molar-refractivity contribution in [2.75, 3.05) is 22.6 Å². The fourth-order valence-electron chi connectivity index (χ4n) is 3.02. The molecule has 7 nitrogen and oxygen atoms in total. The first-order chi connectivity index (χ1) is 15.1. The van der Waals surface area contributed by atoms with Crippen molar-refractivity contribution in [2.24, 2.45) is 0 Å². The van der Waals surface area contributed by atoms with E-state index in [0.717, 1.165) is 22.8 Å². The molecular weight excluding hydrogens is 412 g/mol. The van der Waals surface area contributed by atoms with E-state index in [-0.39, 0.29) is 5.91 Å². The molecule has 0 aliphatic rings. The number of pyridine rings is 1. The van der Waals surface area contributed by atoms with Crippen LogP contribution < -0.4 is 16.0 Å². The quantitative estimate of drug-likeness (QED) is 0.359. The largest absolute Gasteiger partial charge is 0.367 e. The van der Waals surface area contributed by atoms with E-state index in [1.165, 1.54) is 0 Å². The molecule has 2 aromatic carbocycles. The minimum Gasteiger partial charge on any atom is -0.367 e. The maximum absolute atomic E-state index is 12.6.